The third kappa shape index (κ3) is 4.18. The summed E-state index contributed by atoms with van der Waals surface area (Å²) in [6.45, 7) is 2.66. The summed E-state index contributed by atoms with van der Waals surface area (Å²) >= 11 is 3.22. The van der Waals surface area contributed by atoms with Crippen molar-refractivity contribution in [1.29, 1.82) is 0 Å². The van der Waals surface area contributed by atoms with Crippen LogP contribution in [0.4, 0.5) is 4.79 Å². The number of halogens is 1. The van der Waals surface area contributed by atoms with E-state index in [1.165, 1.54) is 15.7 Å². The van der Waals surface area contributed by atoms with Gasteiger partial charge in [0.1, 0.15) is 12.4 Å². The van der Waals surface area contributed by atoms with Gasteiger partial charge in [-0.3, -0.25) is 14.5 Å². The van der Waals surface area contributed by atoms with Gasteiger partial charge in [-0.2, -0.15) is 0 Å². The number of rotatable bonds is 5. The van der Waals surface area contributed by atoms with Crippen LogP contribution >= 0.6 is 34.4 Å². The number of hydrogen-bond donors (Lipinski definition) is 0. The predicted molar refractivity (Wildman–Crippen MR) is 126 cm³/mol. The van der Waals surface area contributed by atoms with E-state index in [1.54, 1.807) is 13.0 Å². The summed E-state index contributed by atoms with van der Waals surface area (Å²) < 4.78 is 7.02. The second-order valence-electron chi connectivity index (χ2n) is 6.54. The molecule has 3 aromatic rings. The van der Waals surface area contributed by atoms with Crippen molar-refractivity contribution in [2.45, 2.75) is 13.5 Å². The number of ether oxygens (including phenoxy) is 1. The number of carbonyl (C=O) groups is 2. The Bertz CT molecular complexity index is 1140. The Morgan fingerprint density at radius 3 is 2.62 bits per heavy atom. The molecule has 0 atom stereocenters. The van der Waals surface area contributed by atoms with Gasteiger partial charge in [-0.25, -0.2) is 0 Å². The van der Waals surface area contributed by atoms with Crippen molar-refractivity contribution in [2.24, 2.45) is 0 Å². The largest absolute Gasteiger partial charge is 0.488 e. The molecule has 0 spiro atoms. The fourth-order valence-electron chi connectivity index (χ4n) is 3.22. The minimum atomic E-state index is -0.228. The highest BCUT2D eigenvalue weighted by Crippen LogP contribution is 2.33. The van der Waals surface area contributed by atoms with E-state index < -0.39 is 0 Å². The van der Waals surface area contributed by atoms with Gasteiger partial charge < -0.3 is 4.74 Å². The van der Waals surface area contributed by atoms with Crippen molar-refractivity contribution < 1.29 is 14.3 Å². The summed E-state index contributed by atoms with van der Waals surface area (Å²) in [5.74, 6) is 0.561. The number of carbonyl (C=O) groups excluding carboxylic acids is 2. The minimum absolute atomic E-state index is 0.214. The Hall–Kier alpha value is -2.32. The maximum Gasteiger partial charge on any atom is 0.293 e. The van der Waals surface area contributed by atoms with E-state index in [0.717, 1.165) is 32.2 Å². The summed E-state index contributed by atoms with van der Waals surface area (Å²) in [7, 11) is 0. The predicted octanol–water partition coefficient (Wildman–Crippen LogP) is 6.08. The van der Waals surface area contributed by atoms with Gasteiger partial charge in [0.25, 0.3) is 11.1 Å². The zero-order valence-electron chi connectivity index (χ0n) is 15.7. The van der Waals surface area contributed by atoms with Gasteiger partial charge in [-0.15, -0.1) is 0 Å². The Balaban J connectivity index is 1.51. The van der Waals surface area contributed by atoms with Crippen LogP contribution in [-0.2, 0) is 11.4 Å². The molecule has 146 valence electrons. The van der Waals surface area contributed by atoms with Crippen molar-refractivity contribution in [3.05, 3.63) is 80.3 Å². The van der Waals surface area contributed by atoms with Gasteiger partial charge in [0, 0.05) is 6.54 Å². The maximum atomic E-state index is 12.3. The lowest BCUT2D eigenvalue weighted by Gasteiger charge is -2.11. The highest BCUT2D eigenvalue weighted by molar-refractivity contribution is 14.1. The first-order valence-electron chi connectivity index (χ1n) is 9.21. The molecule has 1 aliphatic rings. The smallest absolute Gasteiger partial charge is 0.293 e. The van der Waals surface area contributed by atoms with Gasteiger partial charge in [-0.1, -0.05) is 48.5 Å². The molecule has 6 heteroatoms. The molecule has 0 N–H and O–H groups in total. The summed E-state index contributed by atoms with van der Waals surface area (Å²) in [5, 5.41) is 2.17. The lowest BCUT2D eigenvalue weighted by molar-refractivity contribution is -0.122. The highest BCUT2D eigenvalue weighted by Gasteiger charge is 2.33. The van der Waals surface area contributed by atoms with Crippen LogP contribution in [0.25, 0.3) is 16.8 Å². The Morgan fingerprint density at radius 1 is 1.07 bits per heavy atom. The van der Waals surface area contributed by atoms with Crippen LogP contribution in [0.1, 0.15) is 18.1 Å². The van der Waals surface area contributed by atoms with Crippen LogP contribution in [0.2, 0.25) is 0 Å². The Morgan fingerprint density at radius 2 is 1.86 bits per heavy atom. The van der Waals surface area contributed by atoms with Gasteiger partial charge >= 0.3 is 0 Å². The first-order chi connectivity index (χ1) is 14.1. The molecule has 1 heterocycles. The normalized spacial score (nSPS) is 15.5. The fourth-order valence-corrected chi connectivity index (χ4v) is 4.82. The maximum absolute atomic E-state index is 12.3. The van der Waals surface area contributed by atoms with Gasteiger partial charge in [0.05, 0.1) is 8.48 Å². The van der Waals surface area contributed by atoms with E-state index in [0.29, 0.717) is 18.1 Å². The second kappa shape index (κ2) is 8.59. The van der Waals surface area contributed by atoms with Gasteiger partial charge in [0.15, 0.2) is 0 Å². The molecule has 4 nitrogen and oxygen atoms in total. The Kier molecular flexibility index (Phi) is 5.91. The minimum Gasteiger partial charge on any atom is -0.488 e. The number of hydrogen-bond acceptors (Lipinski definition) is 4. The monoisotopic (exact) mass is 515 g/mol. The fraction of sp³-hybridized carbons (Fsp3) is 0.130. The number of amides is 2. The van der Waals surface area contributed by atoms with Crippen molar-refractivity contribution in [3.63, 3.8) is 0 Å². The van der Waals surface area contributed by atoms with Crippen LogP contribution in [0, 0.1) is 3.57 Å². The molecule has 1 aliphatic heterocycles. The molecular formula is C23H18INO3S. The van der Waals surface area contributed by atoms with Crippen LogP contribution in [0.3, 0.4) is 0 Å². The highest BCUT2D eigenvalue weighted by atomic mass is 127. The van der Waals surface area contributed by atoms with E-state index in [2.05, 4.69) is 46.9 Å². The van der Waals surface area contributed by atoms with Crippen LogP contribution in [0.5, 0.6) is 5.75 Å². The molecule has 0 radical (unpaired) electrons. The van der Waals surface area contributed by atoms with Crippen molar-refractivity contribution in [1.82, 2.24) is 4.90 Å². The lowest BCUT2D eigenvalue weighted by Crippen LogP contribution is -2.27. The lowest BCUT2D eigenvalue weighted by atomic mass is 10.1. The average molecular weight is 515 g/mol. The number of imide groups is 1. The third-order valence-corrected chi connectivity index (χ3v) is 6.46. The molecule has 0 unspecified atom stereocenters. The summed E-state index contributed by atoms with van der Waals surface area (Å²) in [5.41, 5.74) is 2.00. The van der Waals surface area contributed by atoms with Crippen LogP contribution < -0.4 is 4.74 Å². The third-order valence-electron chi connectivity index (χ3n) is 4.71. The quantitative estimate of drug-likeness (QED) is 0.305. The number of nitrogens with zero attached hydrogens (tertiary/aromatic N) is 1. The molecule has 4 rings (SSSR count). The van der Waals surface area contributed by atoms with E-state index in [9.17, 15) is 9.59 Å². The Labute approximate surface area is 187 Å². The van der Waals surface area contributed by atoms with Gasteiger partial charge in [0.2, 0.25) is 0 Å². The zero-order valence-corrected chi connectivity index (χ0v) is 18.7. The first-order valence-corrected chi connectivity index (χ1v) is 11.1. The summed E-state index contributed by atoms with van der Waals surface area (Å²) in [6.07, 6.45) is 1.76. The van der Waals surface area contributed by atoms with Gasteiger partial charge in [-0.05, 0) is 81.4 Å². The van der Waals surface area contributed by atoms with Crippen molar-refractivity contribution in [3.8, 4) is 5.75 Å². The molecule has 1 saturated heterocycles. The van der Waals surface area contributed by atoms with Crippen LogP contribution in [0.15, 0.2) is 65.6 Å². The van der Waals surface area contributed by atoms with Crippen molar-refractivity contribution in [2.75, 3.05) is 6.54 Å². The molecular weight excluding hydrogens is 497 g/mol. The van der Waals surface area contributed by atoms with E-state index in [4.69, 9.17) is 4.74 Å². The standard InChI is InChI=1S/C23H18INO3S/c1-2-25-22(26)21(29-23(25)27)13-15-10-11-20(19(24)12-15)28-14-17-8-5-7-16-6-3-4-9-18(16)17/h3-13H,2,14H2,1H3/b21-13+. The number of benzene rings is 3. The molecule has 0 bridgehead atoms. The summed E-state index contributed by atoms with van der Waals surface area (Å²) in [4.78, 5) is 25.8. The molecule has 2 amide bonds. The number of fused-ring (bicyclic) bond motifs is 1. The van der Waals surface area contributed by atoms with E-state index in [1.807, 2.05) is 36.4 Å². The average Bonchev–Trinajstić information content (AvgIpc) is 2.99. The zero-order chi connectivity index (χ0) is 20.4. The molecule has 3 aromatic carbocycles. The van der Waals surface area contributed by atoms with Crippen LogP contribution in [-0.4, -0.2) is 22.6 Å². The van der Waals surface area contributed by atoms with E-state index >= 15 is 0 Å². The SMILES string of the molecule is CCN1C(=O)S/C(=C/c2ccc(OCc3cccc4ccccc34)c(I)c2)C1=O. The molecule has 1 fully saturated rings. The molecule has 29 heavy (non-hydrogen) atoms. The van der Waals surface area contributed by atoms with Crippen molar-refractivity contribution >= 4 is 62.3 Å². The second-order valence-corrected chi connectivity index (χ2v) is 8.70. The first kappa shape index (κ1) is 20.0. The van der Waals surface area contributed by atoms with E-state index in [-0.39, 0.29) is 11.1 Å². The molecule has 0 saturated carbocycles. The molecule has 0 aliphatic carbocycles. The number of thioether (sulfide) groups is 1. The number of likely N-dealkylation sites (N-methyl/N-ethyl adjacent to an activating group) is 1. The topological polar surface area (TPSA) is 46.6 Å². The summed E-state index contributed by atoms with van der Waals surface area (Å²) in [6, 6.07) is 20.2. The molecule has 0 aromatic heterocycles.